The molecule has 24 heavy (non-hydrogen) atoms. The summed E-state index contributed by atoms with van der Waals surface area (Å²) in [7, 11) is 0. The summed E-state index contributed by atoms with van der Waals surface area (Å²) < 4.78 is 6.09. The molecule has 1 amide bonds. The van der Waals surface area contributed by atoms with Gasteiger partial charge >= 0.3 is 6.09 Å². The molecule has 2 atom stereocenters. The van der Waals surface area contributed by atoms with E-state index in [0.717, 1.165) is 17.7 Å². The van der Waals surface area contributed by atoms with Crippen molar-refractivity contribution in [1.82, 2.24) is 10.2 Å². The molecule has 2 N–H and O–H groups in total. The zero-order valence-corrected chi connectivity index (χ0v) is 16.3. The molecule has 0 saturated carbocycles. The first-order valence-electron chi connectivity index (χ1n) is 8.33. The number of carbonyl (C=O) groups is 1. The molecule has 0 aliphatic carbocycles. The lowest BCUT2D eigenvalue weighted by atomic mass is 9.90. The van der Waals surface area contributed by atoms with Crippen LogP contribution < -0.4 is 5.32 Å². The Bertz CT molecular complexity index is 550. The number of piperidine rings is 1. The van der Waals surface area contributed by atoms with E-state index >= 15 is 0 Å². The van der Waals surface area contributed by atoms with Crippen LogP contribution in [0.2, 0.25) is 4.34 Å². The second kappa shape index (κ2) is 8.04. The van der Waals surface area contributed by atoms with E-state index in [9.17, 15) is 9.90 Å². The number of halogens is 1. The van der Waals surface area contributed by atoms with Crippen LogP contribution in [0.15, 0.2) is 12.1 Å². The molecule has 0 spiro atoms. The molecular weight excluding hydrogens is 348 g/mol. The molecule has 2 rings (SSSR count). The van der Waals surface area contributed by atoms with E-state index in [2.05, 4.69) is 12.2 Å². The van der Waals surface area contributed by atoms with E-state index < -0.39 is 11.8 Å². The highest BCUT2D eigenvalue weighted by atomic mass is 35.5. The average Bonchev–Trinajstić information content (AvgIpc) is 2.92. The van der Waals surface area contributed by atoms with E-state index in [4.69, 9.17) is 16.3 Å². The number of hydrogen-bond acceptors (Lipinski definition) is 5. The largest absolute Gasteiger partial charge is 0.444 e. The molecule has 1 aliphatic rings. The number of carbonyl (C=O) groups excluding carboxylic acids is 1. The van der Waals surface area contributed by atoms with Crippen molar-refractivity contribution in [2.45, 2.75) is 58.4 Å². The third-order valence-electron chi connectivity index (χ3n) is 4.18. The van der Waals surface area contributed by atoms with Crippen LogP contribution in [0.1, 0.15) is 51.6 Å². The average molecular weight is 375 g/mol. The van der Waals surface area contributed by atoms with Gasteiger partial charge in [0.15, 0.2) is 0 Å². The van der Waals surface area contributed by atoms with Crippen LogP contribution in [0.3, 0.4) is 0 Å². The van der Waals surface area contributed by atoms with Gasteiger partial charge in [-0.3, -0.25) is 5.32 Å². The van der Waals surface area contributed by atoms with E-state index in [1.54, 1.807) is 11.0 Å². The molecule has 1 aromatic heterocycles. The monoisotopic (exact) mass is 374 g/mol. The summed E-state index contributed by atoms with van der Waals surface area (Å²) in [5.74, 6) is 0.411. The summed E-state index contributed by atoms with van der Waals surface area (Å²) in [5.41, 5.74) is -0.463. The number of ether oxygens (including phenoxy) is 1. The zero-order valence-electron chi connectivity index (χ0n) is 14.7. The number of nitrogens with zero attached hydrogens (tertiary/aromatic N) is 1. The third kappa shape index (κ3) is 5.62. The molecule has 1 aliphatic heterocycles. The second-order valence-corrected chi connectivity index (χ2v) is 9.05. The van der Waals surface area contributed by atoms with Gasteiger partial charge in [-0.2, -0.15) is 0 Å². The first-order valence-corrected chi connectivity index (χ1v) is 9.52. The summed E-state index contributed by atoms with van der Waals surface area (Å²) in [6.07, 6.45) is 0.840. The van der Waals surface area contributed by atoms with Crippen molar-refractivity contribution in [2.75, 3.05) is 13.1 Å². The number of rotatable bonds is 4. The Labute approximate surface area is 152 Å². The van der Waals surface area contributed by atoms with Gasteiger partial charge in [-0.25, -0.2) is 4.79 Å². The highest BCUT2D eigenvalue weighted by Gasteiger charge is 2.29. The second-order valence-electron chi connectivity index (χ2n) is 7.30. The number of nitrogens with one attached hydrogen (secondary N) is 1. The van der Waals surface area contributed by atoms with Gasteiger partial charge in [-0.1, -0.05) is 11.6 Å². The predicted molar refractivity (Wildman–Crippen MR) is 97.4 cm³/mol. The van der Waals surface area contributed by atoms with Crippen LogP contribution in [0, 0.1) is 5.92 Å². The van der Waals surface area contributed by atoms with Crippen molar-refractivity contribution >= 4 is 29.0 Å². The first-order chi connectivity index (χ1) is 11.2. The van der Waals surface area contributed by atoms with Gasteiger partial charge in [0, 0.05) is 24.0 Å². The zero-order chi connectivity index (χ0) is 17.9. The van der Waals surface area contributed by atoms with Gasteiger partial charge in [-0.05, 0) is 58.6 Å². The lowest BCUT2D eigenvalue weighted by molar-refractivity contribution is 0.0155. The van der Waals surface area contributed by atoms with Crippen molar-refractivity contribution in [3.05, 3.63) is 21.3 Å². The van der Waals surface area contributed by atoms with Gasteiger partial charge in [-0.15, -0.1) is 11.3 Å². The Morgan fingerprint density at radius 1 is 1.42 bits per heavy atom. The standard InChI is InChI=1S/C17H27ClN2O3S/c1-11(19-15(21)13-5-6-14(18)24-13)12-7-9-20(10-8-12)16(22)23-17(2,3)4/h5-6,11-12,15,19,21H,7-10H2,1-4H3/t11-,15?/m1/s1. The fourth-order valence-corrected chi connectivity index (χ4v) is 3.86. The van der Waals surface area contributed by atoms with Crippen molar-refractivity contribution < 1.29 is 14.6 Å². The van der Waals surface area contributed by atoms with Crippen molar-refractivity contribution in [2.24, 2.45) is 5.92 Å². The number of amides is 1. The highest BCUT2D eigenvalue weighted by molar-refractivity contribution is 7.16. The Balaban J connectivity index is 1.80. The van der Waals surface area contributed by atoms with E-state index in [1.165, 1.54) is 11.3 Å². The molecule has 1 unspecified atom stereocenters. The molecule has 1 aromatic rings. The van der Waals surface area contributed by atoms with Crippen LogP contribution >= 0.6 is 22.9 Å². The molecule has 5 nitrogen and oxygen atoms in total. The number of thiophene rings is 1. The van der Waals surface area contributed by atoms with Crippen molar-refractivity contribution in [1.29, 1.82) is 0 Å². The number of aliphatic hydroxyl groups excluding tert-OH is 1. The normalized spacial score (nSPS) is 19.2. The molecule has 1 saturated heterocycles. The molecule has 0 radical (unpaired) electrons. The molecule has 0 bridgehead atoms. The predicted octanol–water partition coefficient (Wildman–Crippen LogP) is 4.02. The first kappa shape index (κ1) is 19.5. The minimum Gasteiger partial charge on any atom is -0.444 e. The van der Waals surface area contributed by atoms with Crippen LogP contribution in [-0.4, -0.2) is 40.8 Å². The Hall–Kier alpha value is -0.820. The van der Waals surface area contributed by atoms with Gasteiger partial charge in [0.2, 0.25) is 0 Å². The van der Waals surface area contributed by atoms with Gasteiger partial charge in [0.1, 0.15) is 11.8 Å². The Morgan fingerprint density at radius 3 is 2.54 bits per heavy atom. The molecular formula is C17H27ClN2O3S. The minimum absolute atomic E-state index is 0.154. The quantitative estimate of drug-likeness (QED) is 0.781. The summed E-state index contributed by atoms with van der Waals surface area (Å²) >= 11 is 7.29. The summed E-state index contributed by atoms with van der Waals surface area (Å²) in [6.45, 7) is 9.08. The Kier molecular flexibility index (Phi) is 6.53. The van der Waals surface area contributed by atoms with E-state index in [1.807, 2.05) is 26.8 Å². The van der Waals surface area contributed by atoms with Crippen LogP contribution in [-0.2, 0) is 4.74 Å². The van der Waals surface area contributed by atoms with Crippen LogP contribution in [0.25, 0.3) is 0 Å². The summed E-state index contributed by atoms with van der Waals surface area (Å²) in [6, 6.07) is 3.78. The van der Waals surface area contributed by atoms with Gasteiger partial charge in [0.25, 0.3) is 0 Å². The lowest BCUT2D eigenvalue weighted by Crippen LogP contribution is -2.46. The van der Waals surface area contributed by atoms with Crippen LogP contribution in [0.5, 0.6) is 0 Å². The third-order valence-corrected chi connectivity index (χ3v) is 5.47. The molecule has 136 valence electrons. The minimum atomic E-state index is -0.707. The van der Waals surface area contributed by atoms with Gasteiger partial charge in [0.05, 0.1) is 4.34 Å². The molecule has 7 heteroatoms. The lowest BCUT2D eigenvalue weighted by Gasteiger charge is -2.36. The maximum Gasteiger partial charge on any atom is 0.410 e. The fraction of sp³-hybridized carbons (Fsp3) is 0.706. The number of aliphatic hydroxyl groups is 1. The van der Waals surface area contributed by atoms with Gasteiger partial charge < -0.3 is 14.7 Å². The number of hydrogen-bond donors (Lipinski definition) is 2. The molecule has 1 fully saturated rings. The van der Waals surface area contributed by atoms with E-state index in [-0.39, 0.29) is 12.1 Å². The van der Waals surface area contributed by atoms with Crippen molar-refractivity contribution in [3.8, 4) is 0 Å². The fourth-order valence-electron chi connectivity index (χ4n) is 2.85. The van der Waals surface area contributed by atoms with E-state index in [0.29, 0.717) is 23.3 Å². The van der Waals surface area contributed by atoms with Crippen molar-refractivity contribution in [3.63, 3.8) is 0 Å². The maximum absolute atomic E-state index is 12.1. The maximum atomic E-state index is 12.1. The Morgan fingerprint density at radius 2 is 2.04 bits per heavy atom. The summed E-state index contributed by atoms with van der Waals surface area (Å²) in [5, 5.41) is 13.5. The number of likely N-dealkylation sites (tertiary alicyclic amines) is 1. The smallest absolute Gasteiger partial charge is 0.410 e. The van der Waals surface area contributed by atoms with Crippen LogP contribution in [0.4, 0.5) is 4.79 Å². The highest BCUT2D eigenvalue weighted by Crippen LogP contribution is 2.28. The SMILES string of the molecule is C[C@@H](NC(O)c1ccc(Cl)s1)C1CCN(C(=O)OC(C)(C)C)CC1. The topological polar surface area (TPSA) is 61.8 Å². The molecule has 0 aromatic carbocycles. The summed E-state index contributed by atoms with van der Waals surface area (Å²) in [4.78, 5) is 14.7. The molecule has 2 heterocycles.